The number of thioether (sulfide) groups is 1. The summed E-state index contributed by atoms with van der Waals surface area (Å²) < 4.78 is 5.42. The number of hydrogen-bond acceptors (Lipinski definition) is 21. The Hall–Kier alpha value is -12.3. The first-order chi connectivity index (χ1) is 56.0. The third kappa shape index (κ3) is 31.4. The number of benzene rings is 5. The molecule has 24 N–H and O–H groups in total. The van der Waals surface area contributed by atoms with E-state index in [9.17, 15) is 57.8 Å². The molecule has 0 spiro atoms. The van der Waals surface area contributed by atoms with Crippen LogP contribution >= 0.6 is 11.8 Å². The zero-order chi connectivity index (χ0) is 86.8. The first kappa shape index (κ1) is 94.5. The maximum Gasteiger partial charge on any atom is 0.246 e. The second-order valence-corrected chi connectivity index (χ2v) is 30.2. The first-order valence-corrected chi connectivity index (χ1v) is 39.7. The van der Waals surface area contributed by atoms with Crippen LogP contribution in [0.15, 0.2) is 109 Å². The van der Waals surface area contributed by atoms with Crippen molar-refractivity contribution >= 4 is 134 Å². The minimum Gasteiger partial charge on any atom is -0.497 e. The Kier molecular flexibility index (Phi) is 37.7. The third-order valence-corrected chi connectivity index (χ3v) is 20.4. The zero-order valence-electron chi connectivity index (χ0n) is 66.5. The van der Waals surface area contributed by atoms with Crippen molar-refractivity contribution < 1.29 is 91.4 Å². The van der Waals surface area contributed by atoms with Crippen LogP contribution in [0.25, 0.3) is 21.5 Å². The normalized spacial score (nSPS) is 18.8. The largest absolute Gasteiger partial charge is 0.497 e. The summed E-state index contributed by atoms with van der Waals surface area (Å²) in [5.41, 5.74) is 27.2. The molecule has 0 aliphatic carbocycles. The molecule has 17 amide bonds. The fraction of sp³-hybridized carbons (Fsp3) is 0.463. The molecule has 5 aromatic carbocycles. The molecule has 118 heavy (non-hydrogen) atoms. The highest BCUT2D eigenvalue weighted by Crippen LogP contribution is 2.23. The number of carbonyl (C=O) groups is 17. The standard InChI is InChI=1S/C80H108N18O19S/c1-44(99)68-78(115)94-60(39-48-19-23-50-14-6-8-16-52(50)36-48)74(111)90-56(27-29-64(82)102)71(108)95-63(43-118-35-31-58(88-46(3)101)72(109)89-57(73(110)97-68)28-30-65(83)103)76(113)91-59(38-47-21-25-54(117-5)26-22-47)75(112)92-61(40-49-20-24-51-15-7-9-17-53(51)37-49)77(114)98-80(4,32-11-12-33-81)79(116)96-55(18-10-13-34-86-45(2)100)70(107)93-62(41-66(84)104)69(106)87-42-67(85)105/h6-9,14-17,19-26,36-37,44,55-63,68,99H,10-13,18,27-35,38-43,81H2,1-5H3,(H2,82,102)(H2,83,103)(H2,84,104)(H2,85,105)(H,86,100)(H,87,106)(H,88,101)(H,89,109)(H,90,111)(H,91,113)(H,92,112)(H,93,107)(H,94,115)(H,95,108)(H,96,116)(H,97,110)(H,98,114)/t44-,55+,56+,57+,58+,59+,60+,61+,62+,63+,68+,80+/m1/s1. The highest BCUT2D eigenvalue weighted by molar-refractivity contribution is 7.99. The monoisotopic (exact) mass is 1660 g/mol. The van der Waals surface area contributed by atoms with Crippen LogP contribution in [-0.4, -0.2) is 216 Å². The van der Waals surface area contributed by atoms with E-state index in [1.807, 2.05) is 24.3 Å². The number of amides is 17. The van der Waals surface area contributed by atoms with E-state index in [1.54, 1.807) is 84.9 Å². The molecule has 6 rings (SSSR count). The van der Waals surface area contributed by atoms with Gasteiger partial charge in [-0.15, -0.1) is 0 Å². The summed E-state index contributed by atoms with van der Waals surface area (Å²) in [4.78, 5) is 236. The van der Waals surface area contributed by atoms with Crippen LogP contribution < -0.4 is 103 Å². The highest BCUT2D eigenvalue weighted by atomic mass is 32.2. The molecule has 1 aliphatic heterocycles. The minimum atomic E-state index is -1.99. The van der Waals surface area contributed by atoms with Crippen molar-refractivity contribution in [2.45, 2.75) is 196 Å². The van der Waals surface area contributed by atoms with Gasteiger partial charge < -0.3 is 108 Å². The predicted molar refractivity (Wildman–Crippen MR) is 435 cm³/mol. The lowest BCUT2D eigenvalue weighted by atomic mass is 9.91. The quantitative estimate of drug-likeness (QED) is 0.0172. The van der Waals surface area contributed by atoms with Crippen LogP contribution in [-0.2, 0) is 101 Å². The molecule has 1 fully saturated rings. The van der Waals surface area contributed by atoms with Crippen molar-refractivity contribution in [3.63, 3.8) is 0 Å². The summed E-state index contributed by atoms with van der Waals surface area (Å²) in [6, 6.07) is 14.4. The number of nitrogens with one attached hydrogen (secondary N) is 13. The van der Waals surface area contributed by atoms with Crippen molar-refractivity contribution in [2.24, 2.45) is 28.7 Å². The summed E-state index contributed by atoms with van der Waals surface area (Å²) >= 11 is 0.936. The van der Waals surface area contributed by atoms with Gasteiger partial charge in [-0.25, -0.2) is 0 Å². The first-order valence-electron chi connectivity index (χ1n) is 38.6. The molecule has 0 radical (unpaired) electrons. The van der Waals surface area contributed by atoms with E-state index < -0.39 is 211 Å². The summed E-state index contributed by atoms with van der Waals surface area (Å²) in [5, 5.41) is 47.7. The van der Waals surface area contributed by atoms with Gasteiger partial charge in [-0.3, -0.25) is 81.5 Å². The maximum atomic E-state index is 15.7. The lowest BCUT2D eigenvalue weighted by Gasteiger charge is -2.34. The van der Waals surface area contributed by atoms with E-state index in [1.165, 1.54) is 21.0 Å². The third-order valence-electron chi connectivity index (χ3n) is 19.3. The molecular formula is C80H108N18O19S. The maximum absolute atomic E-state index is 15.7. The molecule has 638 valence electrons. The van der Waals surface area contributed by atoms with E-state index in [2.05, 4.69) is 69.1 Å². The second-order valence-electron chi connectivity index (χ2n) is 29.0. The van der Waals surface area contributed by atoms with E-state index in [-0.39, 0.29) is 82.5 Å². The van der Waals surface area contributed by atoms with Gasteiger partial charge in [0.25, 0.3) is 0 Å². The van der Waals surface area contributed by atoms with Crippen molar-refractivity contribution in [3.8, 4) is 5.75 Å². The molecule has 1 heterocycles. The van der Waals surface area contributed by atoms with Gasteiger partial charge in [-0.1, -0.05) is 97.1 Å². The topological polar surface area (TPSA) is 606 Å². The Labute approximate surface area is 685 Å². The molecule has 5 aromatic rings. The number of carbonyl (C=O) groups excluding carboxylic acids is 17. The molecule has 0 aromatic heterocycles. The van der Waals surface area contributed by atoms with Crippen LogP contribution in [0.2, 0.25) is 0 Å². The number of aliphatic hydroxyl groups excluding tert-OH is 1. The van der Waals surface area contributed by atoms with Gasteiger partial charge in [0.05, 0.1) is 26.2 Å². The number of primary amides is 4. The number of fused-ring (bicyclic) bond motifs is 2. The van der Waals surface area contributed by atoms with E-state index in [4.69, 9.17) is 33.4 Å². The molecule has 0 unspecified atom stereocenters. The van der Waals surface area contributed by atoms with Crippen LogP contribution in [0.5, 0.6) is 5.75 Å². The lowest BCUT2D eigenvalue weighted by molar-refractivity contribution is -0.138. The summed E-state index contributed by atoms with van der Waals surface area (Å²) in [6.45, 7) is 4.52. The van der Waals surface area contributed by atoms with E-state index in [0.717, 1.165) is 47.2 Å². The highest BCUT2D eigenvalue weighted by Gasteiger charge is 2.42. The van der Waals surface area contributed by atoms with Gasteiger partial charge in [0.1, 0.15) is 71.7 Å². The SMILES string of the molecule is COc1ccc(C[C@H](NC(=O)[C@@H]2CSCC[C@H](NC(C)=O)C(=O)N[C@@H](CCC(N)=O)C(=O)N[C@@H]([C@@H](C)O)C(=O)N[C@@H](Cc3ccc4ccccc4c3)C(=O)N[C@@H](CCC(N)=O)C(=O)N2)C(=O)N[C@@H](Cc2ccc3ccccc3c2)C(=O)N[C@@](C)(CCCCN)C(=O)N[C@@H](CCCCNC(C)=O)C(=O)N[C@@H](CC(N)=O)C(=O)NCC(N)=O)cc1. The molecule has 0 bridgehead atoms. The molecule has 1 saturated heterocycles. The number of unbranched alkanes of at least 4 members (excludes halogenated alkanes) is 2. The Bertz CT molecular complexity index is 4440. The van der Waals surface area contributed by atoms with Gasteiger partial charge in [0.2, 0.25) is 100 Å². The molecule has 12 atom stereocenters. The van der Waals surface area contributed by atoms with Crippen LogP contribution in [0, 0.1) is 0 Å². The average molecular weight is 1660 g/mol. The fourth-order valence-corrected chi connectivity index (χ4v) is 13.9. The zero-order valence-corrected chi connectivity index (χ0v) is 67.3. The second kappa shape index (κ2) is 47.0. The molecule has 37 nitrogen and oxygen atoms in total. The number of aliphatic hydroxyl groups is 1. The predicted octanol–water partition coefficient (Wildman–Crippen LogP) is -3.27. The van der Waals surface area contributed by atoms with Crippen LogP contribution in [0.3, 0.4) is 0 Å². The summed E-state index contributed by atoms with van der Waals surface area (Å²) in [6.07, 6.45) is -5.10. The Morgan fingerprint density at radius 1 is 0.551 bits per heavy atom. The van der Waals surface area contributed by atoms with Crippen molar-refractivity contribution in [3.05, 3.63) is 126 Å². The number of methoxy groups -OCH3 is 1. The summed E-state index contributed by atoms with van der Waals surface area (Å²) in [5.74, 6) is -16.5. The van der Waals surface area contributed by atoms with Gasteiger partial charge in [0, 0.05) is 58.2 Å². The number of hydrogen-bond donors (Lipinski definition) is 19. The van der Waals surface area contributed by atoms with Gasteiger partial charge in [0.15, 0.2) is 0 Å². The van der Waals surface area contributed by atoms with Gasteiger partial charge in [-0.2, -0.15) is 11.8 Å². The minimum absolute atomic E-state index is 0.130. The molecule has 38 heteroatoms. The lowest BCUT2D eigenvalue weighted by Crippen LogP contribution is -2.64. The van der Waals surface area contributed by atoms with Crippen LogP contribution in [0.1, 0.15) is 121 Å². The van der Waals surface area contributed by atoms with Crippen LogP contribution in [0.4, 0.5) is 0 Å². The number of rotatable bonds is 39. The molecule has 1 aliphatic rings. The van der Waals surface area contributed by atoms with Gasteiger partial charge in [-0.05, 0) is 134 Å². The molecular weight excluding hydrogens is 1550 g/mol. The van der Waals surface area contributed by atoms with Crippen molar-refractivity contribution in [2.75, 3.05) is 38.2 Å². The smallest absolute Gasteiger partial charge is 0.246 e. The van der Waals surface area contributed by atoms with Crippen molar-refractivity contribution in [1.29, 1.82) is 0 Å². The number of ether oxygens (including phenoxy) is 1. The Morgan fingerprint density at radius 3 is 1.67 bits per heavy atom. The van der Waals surface area contributed by atoms with Gasteiger partial charge >= 0.3 is 0 Å². The number of nitrogens with two attached hydrogens (primary N) is 5. The van der Waals surface area contributed by atoms with E-state index >= 15 is 28.8 Å². The fourth-order valence-electron chi connectivity index (χ4n) is 12.8. The molecule has 0 saturated carbocycles. The van der Waals surface area contributed by atoms with Crippen molar-refractivity contribution in [1.82, 2.24) is 69.1 Å². The average Bonchev–Trinajstić information content (AvgIpc) is 0.816. The Morgan fingerprint density at radius 2 is 1.09 bits per heavy atom. The van der Waals surface area contributed by atoms with E-state index in [0.29, 0.717) is 28.9 Å². The summed E-state index contributed by atoms with van der Waals surface area (Å²) in [7, 11) is 1.42. The Balaban J connectivity index is 1.45.